The lowest BCUT2D eigenvalue weighted by atomic mass is 10.3. The summed E-state index contributed by atoms with van der Waals surface area (Å²) in [6, 6.07) is 8.75. The molecule has 0 spiro atoms. The topological polar surface area (TPSA) is 61.8 Å². The Morgan fingerprint density at radius 3 is 1.88 bits per heavy atom. The fourth-order valence-corrected chi connectivity index (χ4v) is 3.02. The predicted molar refractivity (Wildman–Crippen MR) is 62.2 cm³/mol. The Morgan fingerprint density at radius 2 is 1.47 bits per heavy atom. The summed E-state index contributed by atoms with van der Waals surface area (Å²) in [5.74, 6) is -0.600. The van der Waals surface area contributed by atoms with Crippen molar-refractivity contribution >= 4 is 20.7 Å². The van der Waals surface area contributed by atoms with Crippen molar-refractivity contribution in [3.63, 3.8) is 0 Å². The van der Waals surface area contributed by atoms with Gasteiger partial charge in [-0.1, -0.05) is 18.2 Å². The van der Waals surface area contributed by atoms with Gasteiger partial charge in [-0.05, 0) is 12.1 Å². The number of hydrogen-bond acceptors (Lipinski definition) is 5. The first-order valence-electron chi connectivity index (χ1n) is 5.04. The van der Waals surface area contributed by atoms with E-state index in [0.717, 1.165) is 0 Å². The number of carbonyl (C=O) groups is 2. The molecule has 1 aromatic rings. The Hall–Kier alpha value is -1.82. The van der Waals surface area contributed by atoms with Crippen LogP contribution in [0.2, 0.25) is 6.55 Å². The summed E-state index contributed by atoms with van der Waals surface area (Å²) in [5.41, 5.74) is 0. The molecule has 17 heavy (non-hydrogen) atoms. The lowest BCUT2D eigenvalue weighted by molar-refractivity contribution is -0.141. The van der Waals surface area contributed by atoms with Crippen molar-refractivity contribution < 1.29 is 22.9 Å². The number of para-hydroxylation sites is 1. The van der Waals surface area contributed by atoms with Crippen LogP contribution in [-0.4, -0.2) is 20.7 Å². The van der Waals surface area contributed by atoms with Crippen LogP contribution in [0.3, 0.4) is 0 Å². The smallest absolute Gasteiger partial charge is 0.483 e. The minimum Gasteiger partial charge on any atom is -0.483 e. The van der Waals surface area contributed by atoms with Crippen molar-refractivity contribution in [2.24, 2.45) is 0 Å². The average Bonchev–Trinajstić information content (AvgIpc) is 2.15. The van der Waals surface area contributed by atoms with Crippen LogP contribution in [0.1, 0.15) is 13.8 Å². The fourth-order valence-electron chi connectivity index (χ4n) is 1.29. The Bertz CT molecular complexity index is 388. The van der Waals surface area contributed by atoms with Gasteiger partial charge in [0, 0.05) is 20.4 Å². The normalized spacial score (nSPS) is 10.5. The van der Waals surface area contributed by atoms with E-state index in [1.165, 1.54) is 20.4 Å². The number of carbonyl (C=O) groups excluding carboxylic acids is 2. The van der Waals surface area contributed by atoms with Gasteiger partial charge in [0.2, 0.25) is 0 Å². The molecule has 1 rings (SSSR count). The largest absolute Gasteiger partial charge is 0.699 e. The molecule has 0 fully saturated rings. The van der Waals surface area contributed by atoms with E-state index in [1.807, 2.05) is 6.07 Å². The van der Waals surface area contributed by atoms with Gasteiger partial charge in [-0.2, -0.15) is 0 Å². The van der Waals surface area contributed by atoms with E-state index in [2.05, 4.69) is 0 Å². The maximum absolute atomic E-state index is 11.0. The molecule has 6 heteroatoms. The van der Waals surface area contributed by atoms with E-state index >= 15 is 0 Å². The second kappa shape index (κ2) is 5.49. The van der Waals surface area contributed by atoms with Gasteiger partial charge in [-0.3, -0.25) is 9.59 Å². The van der Waals surface area contributed by atoms with Crippen LogP contribution in [0, 0.1) is 0 Å². The van der Waals surface area contributed by atoms with Gasteiger partial charge < -0.3 is 13.3 Å². The zero-order chi connectivity index (χ0) is 12.9. The first-order valence-corrected chi connectivity index (χ1v) is 7.27. The van der Waals surface area contributed by atoms with E-state index in [-0.39, 0.29) is 0 Å². The van der Waals surface area contributed by atoms with Gasteiger partial charge in [-0.25, -0.2) is 0 Å². The van der Waals surface area contributed by atoms with Gasteiger partial charge >= 0.3 is 8.80 Å². The van der Waals surface area contributed by atoms with Crippen LogP contribution >= 0.6 is 0 Å². The van der Waals surface area contributed by atoms with Crippen molar-refractivity contribution in [2.45, 2.75) is 20.4 Å². The van der Waals surface area contributed by atoms with Crippen molar-refractivity contribution in [2.75, 3.05) is 0 Å². The number of benzene rings is 1. The van der Waals surface area contributed by atoms with Gasteiger partial charge in [0.25, 0.3) is 11.9 Å². The van der Waals surface area contributed by atoms with E-state index in [1.54, 1.807) is 24.3 Å². The maximum atomic E-state index is 11.0. The molecule has 0 aromatic heterocycles. The van der Waals surface area contributed by atoms with Crippen LogP contribution in [-0.2, 0) is 18.4 Å². The molecule has 0 aliphatic heterocycles. The molecule has 0 amide bonds. The second-order valence-electron chi connectivity index (χ2n) is 3.46. The second-order valence-corrected chi connectivity index (χ2v) is 5.80. The summed E-state index contributed by atoms with van der Waals surface area (Å²) in [4.78, 5) is 21.9. The van der Waals surface area contributed by atoms with Crippen molar-refractivity contribution in [3.8, 4) is 5.75 Å². The summed E-state index contributed by atoms with van der Waals surface area (Å²) < 4.78 is 15.5. The third-order valence-electron chi connectivity index (χ3n) is 1.70. The summed E-state index contributed by atoms with van der Waals surface area (Å²) >= 11 is 0. The molecular weight excluding hydrogens is 240 g/mol. The fraction of sp³-hybridized carbons (Fsp3) is 0.273. The SMILES string of the molecule is CC(=O)O[Si](C)(OC(C)=O)Oc1ccccc1. The molecule has 0 atom stereocenters. The average molecular weight is 254 g/mol. The minimum atomic E-state index is -3.32. The number of rotatable bonds is 4. The highest BCUT2D eigenvalue weighted by molar-refractivity contribution is 6.63. The van der Waals surface area contributed by atoms with E-state index in [4.69, 9.17) is 13.3 Å². The zero-order valence-electron chi connectivity index (χ0n) is 9.93. The van der Waals surface area contributed by atoms with Crippen LogP contribution < -0.4 is 4.43 Å². The molecule has 0 saturated heterocycles. The molecule has 0 N–H and O–H groups in total. The van der Waals surface area contributed by atoms with Crippen molar-refractivity contribution in [3.05, 3.63) is 30.3 Å². The first-order chi connectivity index (χ1) is 7.91. The molecule has 0 aliphatic rings. The molecular formula is C11H14O5Si. The van der Waals surface area contributed by atoms with Crippen molar-refractivity contribution in [1.29, 1.82) is 0 Å². The third-order valence-corrected chi connectivity index (χ3v) is 3.63. The quantitative estimate of drug-likeness (QED) is 0.766. The highest BCUT2D eigenvalue weighted by Crippen LogP contribution is 2.17. The van der Waals surface area contributed by atoms with Crippen LogP contribution in [0.4, 0.5) is 0 Å². The lowest BCUT2D eigenvalue weighted by Crippen LogP contribution is -2.48. The van der Waals surface area contributed by atoms with Gasteiger partial charge in [0.1, 0.15) is 5.75 Å². The molecule has 5 nitrogen and oxygen atoms in total. The summed E-state index contributed by atoms with van der Waals surface area (Å²) in [5, 5.41) is 0. The van der Waals surface area contributed by atoms with Crippen molar-refractivity contribution in [1.82, 2.24) is 0 Å². The molecule has 0 bridgehead atoms. The van der Waals surface area contributed by atoms with Crippen LogP contribution in [0.25, 0.3) is 0 Å². The van der Waals surface area contributed by atoms with Gasteiger partial charge in [-0.15, -0.1) is 0 Å². The molecule has 92 valence electrons. The van der Waals surface area contributed by atoms with E-state index in [0.29, 0.717) is 5.75 Å². The van der Waals surface area contributed by atoms with Crippen LogP contribution in [0.5, 0.6) is 5.75 Å². The molecule has 0 aliphatic carbocycles. The molecule has 1 aromatic carbocycles. The lowest BCUT2D eigenvalue weighted by Gasteiger charge is -2.24. The van der Waals surface area contributed by atoms with Crippen LogP contribution in [0.15, 0.2) is 30.3 Å². The minimum absolute atomic E-state index is 0.490. The summed E-state index contributed by atoms with van der Waals surface area (Å²) in [6.45, 7) is 3.97. The van der Waals surface area contributed by atoms with Gasteiger partial charge in [0.15, 0.2) is 0 Å². The molecule has 0 heterocycles. The van der Waals surface area contributed by atoms with Gasteiger partial charge in [0.05, 0.1) is 0 Å². The highest BCUT2D eigenvalue weighted by atomic mass is 28.4. The zero-order valence-corrected chi connectivity index (χ0v) is 10.9. The highest BCUT2D eigenvalue weighted by Gasteiger charge is 2.44. The first kappa shape index (κ1) is 13.2. The summed E-state index contributed by atoms with van der Waals surface area (Å²) in [7, 11) is -3.32. The Labute approximate surface area is 101 Å². The molecule has 0 saturated carbocycles. The monoisotopic (exact) mass is 254 g/mol. The Kier molecular flexibility index (Phi) is 4.28. The van der Waals surface area contributed by atoms with E-state index in [9.17, 15) is 9.59 Å². The number of hydrogen-bond donors (Lipinski definition) is 0. The third kappa shape index (κ3) is 4.69. The molecule has 0 radical (unpaired) electrons. The van der Waals surface area contributed by atoms with E-state index < -0.39 is 20.7 Å². The maximum Gasteiger partial charge on any atom is 0.699 e. The molecule has 0 unspecified atom stereocenters. The Morgan fingerprint density at radius 1 is 1.00 bits per heavy atom. The predicted octanol–water partition coefficient (Wildman–Crippen LogP) is 1.76. The standard InChI is InChI=1S/C11H14O5Si/c1-9(12)14-17(3,15-10(2)13)16-11-7-5-4-6-8-11/h4-8H,1-3H3. The Balaban J connectivity index is 2.83. The summed E-state index contributed by atoms with van der Waals surface area (Å²) in [6.07, 6.45) is 0.